The van der Waals surface area contributed by atoms with Crippen LogP contribution in [0.1, 0.15) is 49.9 Å². The Kier molecular flexibility index (Phi) is 6.10. The lowest BCUT2D eigenvalue weighted by Gasteiger charge is -2.32. The normalized spacial score (nSPS) is 17.4. The van der Waals surface area contributed by atoms with Gasteiger partial charge in [0.15, 0.2) is 5.69 Å². The van der Waals surface area contributed by atoms with Crippen molar-refractivity contribution in [2.75, 3.05) is 13.2 Å². The first-order valence-corrected chi connectivity index (χ1v) is 10.2. The Bertz CT molecular complexity index is 949. The molecule has 0 saturated carbocycles. The van der Waals surface area contributed by atoms with Crippen LogP contribution < -0.4 is 5.32 Å². The van der Waals surface area contributed by atoms with Crippen molar-refractivity contribution in [3.8, 4) is 11.4 Å². The zero-order valence-electron chi connectivity index (χ0n) is 17.5. The van der Waals surface area contributed by atoms with Crippen molar-refractivity contribution in [3.63, 3.8) is 0 Å². The number of nitrogens with zero attached hydrogens (tertiary/aromatic N) is 3. The minimum Gasteiger partial charge on any atom is -0.465 e. The van der Waals surface area contributed by atoms with Crippen LogP contribution in [-0.2, 0) is 6.54 Å². The van der Waals surface area contributed by atoms with Gasteiger partial charge >= 0.3 is 6.09 Å². The average molecular weight is 435 g/mol. The molecule has 30 heavy (non-hydrogen) atoms. The molecule has 1 unspecified atom stereocenters. The zero-order chi connectivity index (χ0) is 22.2. The summed E-state index contributed by atoms with van der Waals surface area (Å²) in [6.45, 7) is 7.79. The number of halogens is 1. The number of imidazole rings is 1. The quantitative estimate of drug-likeness (QED) is 0.683. The summed E-state index contributed by atoms with van der Waals surface area (Å²) in [6.07, 6.45) is -1.04. The van der Waals surface area contributed by atoms with E-state index in [1.165, 1.54) is 4.90 Å². The van der Waals surface area contributed by atoms with Crippen LogP contribution in [0.3, 0.4) is 0 Å². The van der Waals surface area contributed by atoms with Gasteiger partial charge in [-0.15, -0.1) is 0 Å². The first-order chi connectivity index (χ1) is 14.0. The summed E-state index contributed by atoms with van der Waals surface area (Å²) < 4.78 is 1.92. The van der Waals surface area contributed by atoms with E-state index >= 15 is 0 Å². The van der Waals surface area contributed by atoms with Crippen LogP contribution in [0.15, 0.2) is 24.3 Å². The third kappa shape index (κ3) is 4.29. The summed E-state index contributed by atoms with van der Waals surface area (Å²) >= 11 is 6.01. The van der Waals surface area contributed by atoms with Crippen molar-refractivity contribution in [2.45, 2.75) is 46.3 Å². The second-order valence-electron chi connectivity index (χ2n) is 8.69. The molecule has 2 heterocycles. The average Bonchev–Trinajstić information content (AvgIpc) is 3.05. The third-order valence-electron chi connectivity index (χ3n) is 5.40. The molecule has 1 aromatic heterocycles. The molecule has 0 bridgehead atoms. The maximum atomic E-state index is 13.1. The Labute approximate surface area is 180 Å². The highest BCUT2D eigenvalue weighted by atomic mass is 35.5. The Balaban J connectivity index is 2.09. The number of aromatic nitrogens is 2. The minimum absolute atomic E-state index is 0.0579. The second-order valence-corrected chi connectivity index (χ2v) is 9.13. The fourth-order valence-corrected chi connectivity index (χ4v) is 3.76. The van der Waals surface area contributed by atoms with Crippen LogP contribution in [0.25, 0.3) is 11.4 Å². The Morgan fingerprint density at radius 1 is 1.30 bits per heavy atom. The predicted molar refractivity (Wildman–Crippen MR) is 114 cm³/mol. The molecule has 8 nitrogen and oxygen atoms in total. The maximum Gasteiger partial charge on any atom is 0.407 e. The number of rotatable bonds is 4. The van der Waals surface area contributed by atoms with Gasteiger partial charge in [0.1, 0.15) is 5.82 Å². The molecule has 0 fully saturated rings. The zero-order valence-corrected chi connectivity index (χ0v) is 18.3. The van der Waals surface area contributed by atoms with Gasteiger partial charge in [0, 0.05) is 17.1 Å². The number of aliphatic hydroxyl groups excluding tert-OH is 1. The number of carbonyl (C=O) groups excluding carboxylic acids is 1. The molecule has 0 spiro atoms. The van der Waals surface area contributed by atoms with Gasteiger partial charge in [0.25, 0.3) is 5.91 Å². The summed E-state index contributed by atoms with van der Waals surface area (Å²) in [6, 6.07) is 6.45. The number of nitrogens with one attached hydrogen (secondary N) is 1. The summed E-state index contributed by atoms with van der Waals surface area (Å²) in [5.74, 6) is 0.146. The number of carboxylic acid groups (broad SMARTS) is 1. The van der Waals surface area contributed by atoms with Crippen LogP contribution in [0.2, 0.25) is 5.02 Å². The highest BCUT2D eigenvalue weighted by Crippen LogP contribution is 2.32. The van der Waals surface area contributed by atoms with Gasteiger partial charge in [-0.3, -0.25) is 4.79 Å². The fourth-order valence-electron chi connectivity index (χ4n) is 3.63. The molecule has 0 radical (unpaired) electrons. The Hall–Kier alpha value is -2.58. The largest absolute Gasteiger partial charge is 0.465 e. The van der Waals surface area contributed by atoms with Crippen LogP contribution in [0.5, 0.6) is 0 Å². The Morgan fingerprint density at radius 3 is 2.47 bits per heavy atom. The molecule has 3 N–H and O–H groups in total. The van der Waals surface area contributed by atoms with E-state index in [0.717, 1.165) is 5.56 Å². The number of aliphatic hydroxyl groups is 1. The first-order valence-electron chi connectivity index (χ1n) is 9.79. The lowest BCUT2D eigenvalue weighted by atomic mass is 9.87. The molecule has 3 rings (SSSR count). The lowest BCUT2D eigenvalue weighted by Crippen LogP contribution is -2.47. The summed E-state index contributed by atoms with van der Waals surface area (Å²) in [5, 5.41) is 22.7. The number of amides is 2. The highest BCUT2D eigenvalue weighted by Gasteiger charge is 2.35. The van der Waals surface area contributed by atoms with Crippen molar-refractivity contribution in [1.29, 1.82) is 0 Å². The van der Waals surface area contributed by atoms with E-state index in [1.54, 1.807) is 12.1 Å². The van der Waals surface area contributed by atoms with Crippen LogP contribution in [0.4, 0.5) is 4.79 Å². The minimum atomic E-state index is -1.04. The van der Waals surface area contributed by atoms with Gasteiger partial charge in [0.05, 0.1) is 30.9 Å². The lowest BCUT2D eigenvalue weighted by molar-refractivity contribution is 0.0837. The van der Waals surface area contributed by atoms with Crippen LogP contribution in [-0.4, -0.2) is 55.9 Å². The van der Waals surface area contributed by atoms with E-state index in [0.29, 0.717) is 23.1 Å². The molecule has 0 aliphatic carbocycles. The molecule has 1 aromatic carbocycles. The van der Waals surface area contributed by atoms with Gasteiger partial charge in [-0.2, -0.15) is 0 Å². The third-order valence-corrected chi connectivity index (χ3v) is 5.65. The van der Waals surface area contributed by atoms with Gasteiger partial charge in [-0.1, -0.05) is 32.4 Å². The van der Waals surface area contributed by atoms with E-state index in [9.17, 15) is 19.8 Å². The molecule has 2 atom stereocenters. The topological polar surface area (TPSA) is 108 Å². The fraction of sp³-hybridized carbons (Fsp3) is 0.476. The van der Waals surface area contributed by atoms with Crippen molar-refractivity contribution in [3.05, 3.63) is 40.7 Å². The molecular formula is C21H27ClN4O4. The van der Waals surface area contributed by atoms with Gasteiger partial charge in [-0.25, -0.2) is 9.78 Å². The van der Waals surface area contributed by atoms with E-state index in [1.807, 2.05) is 44.4 Å². The number of fused-ring (bicyclic) bond motifs is 1. The monoisotopic (exact) mass is 434 g/mol. The van der Waals surface area contributed by atoms with Gasteiger partial charge in [-0.05, 0) is 36.6 Å². The molecule has 2 amide bonds. The predicted octanol–water partition coefficient (Wildman–Crippen LogP) is 3.39. The van der Waals surface area contributed by atoms with E-state index < -0.39 is 18.0 Å². The van der Waals surface area contributed by atoms with E-state index in [4.69, 9.17) is 11.6 Å². The van der Waals surface area contributed by atoms with Crippen molar-refractivity contribution in [1.82, 2.24) is 19.8 Å². The molecule has 0 saturated heterocycles. The standard InChI is InChI=1S/C21H27ClN4O4/c1-12-9-25(20(29)30)10-15-17(19(28)23-16(11-27)21(2,3)4)24-18(26(12)15)13-5-7-14(22)8-6-13/h5-8,12,16,27H,9-11H2,1-4H3,(H,23,28)(H,29,30)/t12-,16?/m0/s1. The summed E-state index contributed by atoms with van der Waals surface area (Å²) in [7, 11) is 0. The van der Waals surface area contributed by atoms with Crippen molar-refractivity contribution >= 4 is 23.6 Å². The molecule has 1 aliphatic heterocycles. The van der Waals surface area contributed by atoms with Crippen LogP contribution in [0, 0.1) is 5.41 Å². The summed E-state index contributed by atoms with van der Waals surface area (Å²) in [4.78, 5) is 30.6. The first kappa shape index (κ1) is 22.1. The number of hydrogen-bond acceptors (Lipinski definition) is 4. The SMILES string of the molecule is C[C@H]1CN(C(=O)O)Cc2c(C(=O)NC(CO)C(C)(C)C)nc(-c3ccc(Cl)cc3)n21. The van der Waals surface area contributed by atoms with E-state index in [2.05, 4.69) is 10.3 Å². The van der Waals surface area contributed by atoms with Crippen molar-refractivity contribution in [2.24, 2.45) is 5.41 Å². The number of benzene rings is 1. The maximum absolute atomic E-state index is 13.1. The van der Waals surface area contributed by atoms with Gasteiger partial charge < -0.3 is 25.0 Å². The smallest absolute Gasteiger partial charge is 0.407 e. The highest BCUT2D eigenvalue weighted by molar-refractivity contribution is 6.30. The summed E-state index contributed by atoms with van der Waals surface area (Å²) in [5.41, 5.74) is 1.12. The molecule has 1 aliphatic rings. The number of hydrogen-bond donors (Lipinski definition) is 3. The van der Waals surface area contributed by atoms with E-state index in [-0.39, 0.29) is 30.3 Å². The Morgan fingerprint density at radius 2 is 1.93 bits per heavy atom. The van der Waals surface area contributed by atoms with Crippen LogP contribution >= 0.6 is 11.6 Å². The van der Waals surface area contributed by atoms with Crippen molar-refractivity contribution < 1.29 is 19.8 Å². The molecular weight excluding hydrogens is 408 g/mol. The number of carbonyl (C=O) groups is 2. The second kappa shape index (κ2) is 8.28. The molecule has 162 valence electrons. The molecule has 9 heteroatoms. The van der Waals surface area contributed by atoms with Gasteiger partial charge in [0.2, 0.25) is 0 Å². The molecule has 2 aromatic rings.